The fourth-order valence-corrected chi connectivity index (χ4v) is 2.59. The molecule has 0 aliphatic carbocycles. The Morgan fingerprint density at radius 2 is 1.75 bits per heavy atom. The third-order valence-electron chi connectivity index (χ3n) is 3.73. The summed E-state index contributed by atoms with van der Waals surface area (Å²) in [5.41, 5.74) is 0.686. The number of hydrogen-bond acceptors (Lipinski definition) is 3. The molecular formula is C15H20N2O3. The molecule has 2 rings (SSSR count). The summed E-state index contributed by atoms with van der Waals surface area (Å²) in [6, 6.07) is 8.75. The largest absolute Gasteiger partial charge is 0.480 e. The molecule has 1 unspecified atom stereocenters. The van der Waals surface area contributed by atoms with Crippen molar-refractivity contribution in [3.63, 3.8) is 0 Å². The van der Waals surface area contributed by atoms with E-state index in [0.29, 0.717) is 38.2 Å². The Hall–Kier alpha value is -1.88. The van der Waals surface area contributed by atoms with Gasteiger partial charge in [-0.05, 0) is 18.6 Å². The monoisotopic (exact) mass is 276 g/mol. The van der Waals surface area contributed by atoms with Gasteiger partial charge < -0.3 is 10.0 Å². The molecule has 0 bridgehead atoms. The summed E-state index contributed by atoms with van der Waals surface area (Å²) >= 11 is 0. The van der Waals surface area contributed by atoms with Crippen molar-refractivity contribution in [3.8, 4) is 0 Å². The molecule has 0 radical (unpaired) electrons. The van der Waals surface area contributed by atoms with Crippen LogP contribution in [0, 0.1) is 0 Å². The summed E-state index contributed by atoms with van der Waals surface area (Å²) in [6.07, 6.45) is 0.585. The number of benzene rings is 1. The number of nitrogens with zero attached hydrogens (tertiary/aromatic N) is 2. The number of piperazine rings is 1. The van der Waals surface area contributed by atoms with Crippen LogP contribution in [-0.4, -0.2) is 59.0 Å². The minimum atomic E-state index is -0.782. The van der Waals surface area contributed by atoms with Gasteiger partial charge in [-0.1, -0.05) is 25.1 Å². The lowest BCUT2D eigenvalue weighted by Crippen LogP contribution is -2.53. The van der Waals surface area contributed by atoms with Gasteiger partial charge in [0.15, 0.2) is 0 Å². The van der Waals surface area contributed by atoms with E-state index in [1.165, 1.54) is 0 Å². The van der Waals surface area contributed by atoms with Crippen molar-refractivity contribution in [2.45, 2.75) is 19.4 Å². The molecule has 1 heterocycles. The van der Waals surface area contributed by atoms with Crippen molar-refractivity contribution in [1.29, 1.82) is 0 Å². The van der Waals surface area contributed by atoms with Gasteiger partial charge >= 0.3 is 5.97 Å². The Kier molecular flexibility index (Phi) is 4.74. The van der Waals surface area contributed by atoms with Gasteiger partial charge in [0.25, 0.3) is 5.91 Å². The quantitative estimate of drug-likeness (QED) is 0.900. The van der Waals surface area contributed by atoms with Crippen molar-refractivity contribution in [2.75, 3.05) is 26.2 Å². The number of amides is 1. The molecule has 1 fully saturated rings. The van der Waals surface area contributed by atoms with Crippen LogP contribution in [0.15, 0.2) is 30.3 Å². The van der Waals surface area contributed by atoms with Gasteiger partial charge in [-0.3, -0.25) is 14.5 Å². The van der Waals surface area contributed by atoms with Gasteiger partial charge in [-0.2, -0.15) is 0 Å². The standard InChI is InChI=1S/C15H20N2O3/c1-2-13(15(19)20)16-8-10-17(11-9-16)14(18)12-6-4-3-5-7-12/h3-7,13H,2,8-11H2,1H3,(H,19,20). The number of rotatable bonds is 4. The Labute approximate surface area is 118 Å². The van der Waals surface area contributed by atoms with E-state index in [1.807, 2.05) is 30.0 Å². The summed E-state index contributed by atoms with van der Waals surface area (Å²) in [6.45, 7) is 4.27. The molecule has 1 saturated heterocycles. The lowest BCUT2D eigenvalue weighted by atomic mass is 10.1. The highest BCUT2D eigenvalue weighted by molar-refractivity contribution is 5.94. The summed E-state index contributed by atoms with van der Waals surface area (Å²) < 4.78 is 0. The third kappa shape index (κ3) is 3.17. The first-order valence-corrected chi connectivity index (χ1v) is 6.94. The van der Waals surface area contributed by atoms with Gasteiger partial charge in [0.2, 0.25) is 0 Å². The van der Waals surface area contributed by atoms with Crippen LogP contribution in [0.2, 0.25) is 0 Å². The normalized spacial score (nSPS) is 17.8. The van der Waals surface area contributed by atoms with E-state index in [1.54, 1.807) is 17.0 Å². The van der Waals surface area contributed by atoms with Gasteiger partial charge in [-0.15, -0.1) is 0 Å². The molecule has 1 aromatic carbocycles. The first kappa shape index (κ1) is 14.5. The summed E-state index contributed by atoms with van der Waals surface area (Å²) in [4.78, 5) is 27.1. The summed E-state index contributed by atoms with van der Waals surface area (Å²) in [7, 11) is 0. The Morgan fingerprint density at radius 1 is 1.15 bits per heavy atom. The van der Waals surface area contributed by atoms with E-state index in [2.05, 4.69) is 0 Å². The SMILES string of the molecule is CCC(C(=O)O)N1CCN(C(=O)c2ccccc2)CC1. The second-order valence-corrected chi connectivity index (χ2v) is 4.96. The number of carboxylic acids is 1. The first-order valence-electron chi connectivity index (χ1n) is 6.94. The highest BCUT2D eigenvalue weighted by atomic mass is 16.4. The number of carbonyl (C=O) groups is 2. The summed E-state index contributed by atoms with van der Waals surface area (Å²) in [5.74, 6) is -0.760. The van der Waals surface area contributed by atoms with Gasteiger partial charge in [-0.25, -0.2) is 0 Å². The van der Waals surface area contributed by atoms with Crippen LogP contribution < -0.4 is 0 Å². The number of hydrogen-bond donors (Lipinski definition) is 1. The Balaban J connectivity index is 1.94. The van der Waals surface area contributed by atoms with Crippen molar-refractivity contribution in [3.05, 3.63) is 35.9 Å². The minimum absolute atomic E-state index is 0.0219. The predicted molar refractivity (Wildman–Crippen MR) is 75.6 cm³/mol. The molecule has 1 amide bonds. The van der Waals surface area contributed by atoms with E-state index < -0.39 is 12.0 Å². The maximum Gasteiger partial charge on any atom is 0.320 e. The highest BCUT2D eigenvalue weighted by Gasteiger charge is 2.29. The van der Waals surface area contributed by atoms with Crippen LogP contribution in [0.5, 0.6) is 0 Å². The van der Waals surface area contributed by atoms with Crippen LogP contribution >= 0.6 is 0 Å². The first-order chi connectivity index (χ1) is 9.63. The molecule has 1 atom stereocenters. The zero-order chi connectivity index (χ0) is 14.5. The number of carbonyl (C=O) groups excluding carboxylic acids is 1. The Bertz CT molecular complexity index is 467. The zero-order valence-electron chi connectivity index (χ0n) is 11.7. The third-order valence-corrected chi connectivity index (χ3v) is 3.73. The Morgan fingerprint density at radius 3 is 2.25 bits per heavy atom. The van der Waals surface area contributed by atoms with Crippen molar-refractivity contribution < 1.29 is 14.7 Å². The molecule has 0 spiro atoms. The molecular weight excluding hydrogens is 256 g/mol. The van der Waals surface area contributed by atoms with E-state index in [4.69, 9.17) is 5.11 Å². The van der Waals surface area contributed by atoms with Crippen molar-refractivity contribution in [2.24, 2.45) is 0 Å². The molecule has 1 aliphatic rings. The topological polar surface area (TPSA) is 60.9 Å². The average Bonchev–Trinajstić information content (AvgIpc) is 2.48. The fraction of sp³-hybridized carbons (Fsp3) is 0.467. The van der Waals surface area contributed by atoms with Gasteiger partial charge in [0.1, 0.15) is 6.04 Å². The molecule has 20 heavy (non-hydrogen) atoms. The number of aliphatic carboxylic acids is 1. The smallest absolute Gasteiger partial charge is 0.320 e. The van der Waals surface area contributed by atoms with Gasteiger partial charge in [0.05, 0.1) is 0 Å². The van der Waals surface area contributed by atoms with Crippen LogP contribution in [-0.2, 0) is 4.79 Å². The zero-order valence-corrected chi connectivity index (χ0v) is 11.7. The predicted octanol–water partition coefficient (Wildman–Crippen LogP) is 1.31. The molecule has 5 heteroatoms. The van der Waals surface area contributed by atoms with E-state index in [-0.39, 0.29) is 5.91 Å². The molecule has 108 valence electrons. The van der Waals surface area contributed by atoms with Crippen LogP contribution in [0.1, 0.15) is 23.7 Å². The average molecular weight is 276 g/mol. The maximum absolute atomic E-state index is 12.3. The van der Waals surface area contributed by atoms with Crippen molar-refractivity contribution in [1.82, 2.24) is 9.80 Å². The fourth-order valence-electron chi connectivity index (χ4n) is 2.59. The van der Waals surface area contributed by atoms with Crippen LogP contribution in [0.4, 0.5) is 0 Å². The minimum Gasteiger partial charge on any atom is -0.480 e. The molecule has 1 aliphatic heterocycles. The lowest BCUT2D eigenvalue weighted by Gasteiger charge is -2.37. The molecule has 5 nitrogen and oxygen atoms in total. The van der Waals surface area contributed by atoms with Crippen LogP contribution in [0.25, 0.3) is 0 Å². The van der Waals surface area contributed by atoms with E-state index in [9.17, 15) is 9.59 Å². The second-order valence-electron chi connectivity index (χ2n) is 4.96. The molecule has 1 aromatic rings. The molecule has 0 saturated carbocycles. The van der Waals surface area contributed by atoms with Crippen molar-refractivity contribution >= 4 is 11.9 Å². The summed E-state index contributed by atoms with van der Waals surface area (Å²) in [5, 5.41) is 9.16. The van der Waals surface area contributed by atoms with E-state index >= 15 is 0 Å². The van der Waals surface area contributed by atoms with Crippen LogP contribution in [0.3, 0.4) is 0 Å². The lowest BCUT2D eigenvalue weighted by molar-refractivity contribution is -0.144. The number of carboxylic acid groups (broad SMARTS) is 1. The van der Waals surface area contributed by atoms with Gasteiger partial charge in [0, 0.05) is 31.7 Å². The second kappa shape index (κ2) is 6.52. The molecule has 0 aromatic heterocycles. The van der Waals surface area contributed by atoms with E-state index in [0.717, 1.165) is 0 Å². The maximum atomic E-state index is 12.3. The molecule has 1 N–H and O–H groups in total. The highest BCUT2D eigenvalue weighted by Crippen LogP contribution is 2.12.